The number of halogens is 1. The number of hydrogen-bond acceptors (Lipinski definition) is 3. The Labute approximate surface area is 129 Å². The van der Waals surface area contributed by atoms with Crippen molar-refractivity contribution in [3.05, 3.63) is 28.5 Å². The van der Waals surface area contributed by atoms with E-state index in [4.69, 9.17) is 0 Å². The lowest BCUT2D eigenvalue weighted by Crippen LogP contribution is -2.46. The maximum absolute atomic E-state index is 12.5. The van der Waals surface area contributed by atoms with Crippen LogP contribution >= 0.6 is 15.9 Å². The fourth-order valence-electron chi connectivity index (χ4n) is 2.89. The first-order valence-electron chi connectivity index (χ1n) is 7.31. The lowest BCUT2D eigenvalue weighted by atomic mass is 10.0. The van der Waals surface area contributed by atoms with E-state index in [9.17, 15) is 4.79 Å². The van der Waals surface area contributed by atoms with E-state index in [2.05, 4.69) is 39.7 Å². The van der Waals surface area contributed by atoms with Crippen LogP contribution < -0.4 is 0 Å². The molecule has 0 radical (unpaired) electrons. The predicted octanol–water partition coefficient (Wildman–Crippen LogP) is 2.79. The molecule has 20 heavy (non-hydrogen) atoms. The number of piperidine rings is 1. The van der Waals surface area contributed by atoms with Gasteiger partial charge in [-0.15, -0.1) is 0 Å². The van der Waals surface area contributed by atoms with E-state index in [1.807, 2.05) is 11.0 Å². The summed E-state index contributed by atoms with van der Waals surface area (Å²) in [5, 5.41) is 0. The molecule has 0 N–H and O–H groups in total. The van der Waals surface area contributed by atoms with Gasteiger partial charge in [0.25, 0.3) is 5.91 Å². The molecule has 2 rings (SSSR count). The van der Waals surface area contributed by atoms with Crippen molar-refractivity contribution >= 4 is 21.8 Å². The lowest BCUT2D eigenvalue weighted by Gasteiger charge is -2.37. The molecule has 1 amide bonds. The van der Waals surface area contributed by atoms with E-state index >= 15 is 0 Å². The summed E-state index contributed by atoms with van der Waals surface area (Å²) in [6, 6.07) is 4.25. The van der Waals surface area contributed by atoms with E-state index in [-0.39, 0.29) is 5.91 Å². The van der Waals surface area contributed by atoms with Crippen molar-refractivity contribution in [2.24, 2.45) is 0 Å². The summed E-state index contributed by atoms with van der Waals surface area (Å²) in [4.78, 5) is 21.0. The molecule has 1 aromatic rings. The Morgan fingerprint density at radius 1 is 1.40 bits per heavy atom. The third-order valence-corrected chi connectivity index (χ3v) is 4.70. The van der Waals surface area contributed by atoms with Crippen LogP contribution in [-0.4, -0.2) is 52.9 Å². The standard InChI is InChI=1S/C15H22BrN3O/c1-3-18(4-2)12-7-10-19(11-8-12)15(20)13-6-5-9-17-14(13)16/h5-6,9,12H,3-4,7-8,10-11H2,1-2H3. The summed E-state index contributed by atoms with van der Waals surface area (Å²) in [5.74, 6) is 0.0861. The van der Waals surface area contributed by atoms with E-state index < -0.39 is 0 Å². The first-order chi connectivity index (χ1) is 9.67. The average molecular weight is 340 g/mol. The highest BCUT2D eigenvalue weighted by atomic mass is 79.9. The van der Waals surface area contributed by atoms with Crippen LogP contribution in [0.1, 0.15) is 37.0 Å². The Balaban J connectivity index is 1.97. The largest absolute Gasteiger partial charge is 0.338 e. The Morgan fingerprint density at radius 2 is 2.05 bits per heavy atom. The SMILES string of the molecule is CCN(CC)C1CCN(C(=O)c2cccnc2Br)CC1. The van der Waals surface area contributed by atoms with Crippen molar-refractivity contribution in [1.82, 2.24) is 14.8 Å². The van der Waals surface area contributed by atoms with Gasteiger partial charge in [0.1, 0.15) is 4.60 Å². The number of pyridine rings is 1. The van der Waals surface area contributed by atoms with Gasteiger partial charge in [0.2, 0.25) is 0 Å². The van der Waals surface area contributed by atoms with Crippen LogP contribution in [0.5, 0.6) is 0 Å². The molecule has 0 saturated carbocycles. The second kappa shape index (κ2) is 7.18. The average Bonchev–Trinajstić information content (AvgIpc) is 2.49. The number of nitrogens with zero attached hydrogens (tertiary/aromatic N) is 3. The molecule has 0 unspecified atom stereocenters. The minimum absolute atomic E-state index is 0.0861. The van der Waals surface area contributed by atoms with Crippen molar-refractivity contribution in [2.45, 2.75) is 32.7 Å². The molecule has 1 saturated heterocycles. The molecule has 4 nitrogen and oxygen atoms in total. The summed E-state index contributed by atoms with van der Waals surface area (Å²) in [7, 11) is 0. The van der Waals surface area contributed by atoms with Gasteiger partial charge in [-0.2, -0.15) is 0 Å². The minimum Gasteiger partial charge on any atom is -0.338 e. The van der Waals surface area contributed by atoms with Gasteiger partial charge in [-0.05, 0) is 54.0 Å². The molecule has 0 spiro atoms. The van der Waals surface area contributed by atoms with Gasteiger partial charge < -0.3 is 9.80 Å². The van der Waals surface area contributed by atoms with Crippen LogP contribution in [0.4, 0.5) is 0 Å². The number of amides is 1. The number of carbonyl (C=O) groups is 1. The zero-order valence-corrected chi connectivity index (χ0v) is 13.8. The third kappa shape index (κ3) is 3.38. The molecular weight excluding hydrogens is 318 g/mol. The van der Waals surface area contributed by atoms with Crippen LogP contribution in [0.15, 0.2) is 22.9 Å². The maximum atomic E-state index is 12.5. The summed E-state index contributed by atoms with van der Waals surface area (Å²) in [6.45, 7) is 8.25. The van der Waals surface area contributed by atoms with Crippen molar-refractivity contribution in [3.63, 3.8) is 0 Å². The van der Waals surface area contributed by atoms with E-state index in [0.717, 1.165) is 39.0 Å². The van der Waals surface area contributed by atoms with Gasteiger partial charge in [-0.1, -0.05) is 13.8 Å². The Bertz CT molecular complexity index is 454. The third-order valence-electron chi connectivity index (χ3n) is 4.07. The fourth-order valence-corrected chi connectivity index (χ4v) is 3.31. The number of hydrogen-bond donors (Lipinski definition) is 0. The van der Waals surface area contributed by atoms with Crippen molar-refractivity contribution < 1.29 is 4.79 Å². The first-order valence-corrected chi connectivity index (χ1v) is 8.10. The minimum atomic E-state index is 0.0861. The van der Waals surface area contributed by atoms with Gasteiger partial charge in [-0.25, -0.2) is 4.98 Å². The Morgan fingerprint density at radius 3 is 2.60 bits per heavy atom. The first kappa shape index (κ1) is 15.4. The summed E-state index contributed by atoms with van der Waals surface area (Å²) in [5.41, 5.74) is 0.661. The summed E-state index contributed by atoms with van der Waals surface area (Å²) < 4.78 is 0.635. The van der Waals surface area contributed by atoms with Gasteiger partial charge >= 0.3 is 0 Å². The number of likely N-dealkylation sites (tertiary alicyclic amines) is 1. The Kier molecular flexibility index (Phi) is 5.54. The molecule has 1 fully saturated rings. The van der Waals surface area contributed by atoms with E-state index in [0.29, 0.717) is 16.2 Å². The fraction of sp³-hybridized carbons (Fsp3) is 0.600. The molecule has 5 heteroatoms. The second-order valence-electron chi connectivity index (χ2n) is 5.09. The predicted molar refractivity (Wildman–Crippen MR) is 83.8 cm³/mol. The van der Waals surface area contributed by atoms with Gasteiger partial charge in [0, 0.05) is 25.3 Å². The van der Waals surface area contributed by atoms with Crippen molar-refractivity contribution in [3.8, 4) is 0 Å². The number of carbonyl (C=O) groups excluding carboxylic acids is 1. The molecule has 2 heterocycles. The van der Waals surface area contributed by atoms with E-state index in [1.165, 1.54) is 0 Å². The molecule has 0 bridgehead atoms. The van der Waals surface area contributed by atoms with Crippen molar-refractivity contribution in [2.75, 3.05) is 26.2 Å². The summed E-state index contributed by atoms with van der Waals surface area (Å²) >= 11 is 3.35. The quantitative estimate of drug-likeness (QED) is 0.791. The smallest absolute Gasteiger partial charge is 0.256 e. The molecule has 0 aromatic carbocycles. The second-order valence-corrected chi connectivity index (χ2v) is 5.84. The van der Waals surface area contributed by atoms with E-state index in [1.54, 1.807) is 12.3 Å². The van der Waals surface area contributed by atoms with Gasteiger partial charge in [0.05, 0.1) is 5.56 Å². The van der Waals surface area contributed by atoms with Crippen LogP contribution in [0.2, 0.25) is 0 Å². The van der Waals surface area contributed by atoms with Crippen molar-refractivity contribution in [1.29, 1.82) is 0 Å². The zero-order chi connectivity index (χ0) is 14.5. The summed E-state index contributed by atoms with van der Waals surface area (Å²) in [6.07, 6.45) is 3.81. The molecule has 0 aliphatic carbocycles. The highest BCUT2D eigenvalue weighted by molar-refractivity contribution is 9.10. The highest BCUT2D eigenvalue weighted by Crippen LogP contribution is 2.20. The zero-order valence-electron chi connectivity index (χ0n) is 12.2. The topological polar surface area (TPSA) is 36.4 Å². The molecular formula is C15H22BrN3O. The molecule has 1 aromatic heterocycles. The van der Waals surface area contributed by atoms with Crippen LogP contribution in [0.25, 0.3) is 0 Å². The number of aromatic nitrogens is 1. The highest BCUT2D eigenvalue weighted by Gasteiger charge is 2.27. The maximum Gasteiger partial charge on any atom is 0.256 e. The Hall–Kier alpha value is -0.940. The molecule has 1 aliphatic heterocycles. The molecule has 110 valence electrons. The van der Waals surface area contributed by atoms with Gasteiger partial charge in [-0.3, -0.25) is 4.79 Å². The normalized spacial score (nSPS) is 16.7. The monoisotopic (exact) mass is 339 g/mol. The molecule has 0 atom stereocenters. The molecule has 1 aliphatic rings. The van der Waals surface area contributed by atoms with Gasteiger partial charge in [0.15, 0.2) is 0 Å². The van der Waals surface area contributed by atoms with Crippen LogP contribution in [0, 0.1) is 0 Å². The lowest BCUT2D eigenvalue weighted by molar-refractivity contribution is 0.0630. The van der Waals surface area contributed by atoms with Crippen LogP contribution in [-0.2, 0) is 0 Å². The number of rotatable bonds is 4. The van der Waals surface area contributed by atoms with Crippen LogP contribution in [0.3, 0.4) is 0 Å².